The molecule has 0 aromatic heterocycles. The van der Waals surface area contributed by atoms with E-state index < -0.39 is 5.97 Å². The molecule has 2 aromatic rings. The Hall–Kier alpha value is -3.06. The first kappa shape index (κ1) is 20.2. The number of ketones is 1. The van der Waals surface area contributed by atoms with E-state index in [-0.39, 0.29) is 41.6 Å². The van der Waals surface area contributed by atoms with Crippen molar-refractivity contribution in [2.75, 3.05) is 11.5 Å². The van der Waals surface area contributed by atoms with Gasteiger partial charge in [0.25, 0.3) is 0 Å². The van der Waals surface area contributed by atoms with Gasteiger partial charge in [0, 0.05) is 10.0 Å². The van der Waals surface area contributed by atoms with Crippen molar-refractivity contribution in [3.05, 3.63) is 76.3 Å². The normalized spacial score (nSPS) is 20.2. The lowest BCUT2D eigenvalue weighted by Gasteiger charge is -2.15. The van der Waals surface area contributed by atoms with Crippen molar-refractivity contribution in [1.29, 1.82) is 0 Å². The van der Waals surface area contributed by atoms with Gasteiger partial charge in [0.05, 0.1) is 23.1 Å². The number of benzene rings is 2. The molecule has 4 rings (SSSR count). The molecule has 2 amide bonds. The summed E-state index contributed by atoms with van der Waals surface area (Å²) in [6.07, 6.45) is 5.01. The van der Waals surface area contributed by atoms with E-state index in [9.17, 15) is 19.2 Å². The fourth-order valence-electron chi connectivity index (χ4n) is 3.73. The van der Waals surface area contributed by atoms with Crippen LogP contribution < -0.4 is 4.90 Å². The number of carbonyl (C=O) groups excluding carboxylic acids is 4. The number of imide groups is 1. The fraction of sp³-hybridized carbons (Fsp3) is 0.217. The van der Waals surface area contributed by atoms with Crippen molar-refractivity contribution in [2.45, 2.75) is 12.8 Å². The van der Waals surface area contributed by atoms with Gasteiger partial charge in [-0.2, -0.15) is 0 Å². The molecule has 0 saturated carbocycles. The summed E-state index contributed by atoms with van der Waals surface area (Å²) in [7, 11) is 0. The molecule has 1 fully saturated rings. The third-order valence-corrected chi connectivity index (χ3v) is 5.90. The van der Waals surface area contributed by atoms with Crippen molar-refractivity contribution < 1.29 is 23.9 Å². The number of halogens is 1. The number of Topliss-reactive ketones (excluding diaryl/α,β-unsaturated/α-hetero) is 1. The van der Waals surface area contributed by atoms with Gasteiger partial charge in [-0.05, 0) is 49.2 Å². The minimum atomic E-state index is -0.649. The first-order valence-electron chi connectivity index (χ1n) is 9.54. The summed E-state index contributed by atoms with van der Waals surface area (Å²) in [6, 6.07) is 12.8. The SMILES string of the molecule is O=C(COC(=O)c1ccc(N2C(=O)C3CC=CCC3C2=O)cc1)c1ccc(Br)cc1. The Morgan fingerprint density at radius 2 is 1.40 bits per heavy atom. The summed E-state index contributed by atoms with van der Waals surface area (Å²) in [4.78, 5) is 50.9. The number of rotatable bonds is 5. The average molecular weight is 468 g/mol. The van der Waals surface area contributed by atoms with Crippen LogP contribution in [0, 0.1) is 11.8 Å². The Bertz CT molecular complexity index is 1020. The molecule has 30 heavy (non-hydrogen) atoms. The topological polar surface area (TPSA) is 80.8 Å². The highest BCUT2D eigenvalue weighted by molar-refractivity contribution is 9.10. The lowest BCUT2D eigenvalue weighted by atomic mass is 9.85. The zero-order chi connectivity index (χ0) is 21.3. The Morgan fingerprint density at radius 1 is 0.867 bits per heavy atom. The predicted molar refractivity (Wildman–Crippen MR) is 113 cm³/mol. The molecule has 1 saturated heterocycles. The quantitative estimate of drug-likeness (QED) is 0.288. The molecule has 6 nitrogen and oxygen atoms in total. The second-order valence-electron chi connectivity index (χ2n) is 7.22. The molecule has 0 spiro atoms. The van der Waals surface area contributed by atoms with Crippen LogP contribution in [0.25, 0.3) is 0 Å². The number of allylic oxidation sites excluding steroid dienone is 2. The molecule has 2 aliphatic rings. The van der Waals surface area contributed by atoms with Gasteiger partial charge >= 0.3 is 5.97 Å². The van der Waals surface area contributed by atoms with Crippen LogP contribution in [-0.4, -0.2) is 30.2 Å². The summed E-state index contributed by atoms with van der Waals surface area (Å²) >= 11 is 3.30. The van der Waals surface area contributed by atoms with E-state index in [0.29, 0.717) is 24.1 Å². The van der Waals surface area contributed by atoms with Crippen LogP contribution >= 0.6 is 15.9 Å². The minimum absolute atomic E-state index is 0.204. The Kier molecular flexibility index (Phi) is 5.63. The van der Waals surface area contributed by atoms with Crippen LogP contribution in [0.3, 0.4) is 0 Å². The molecule has 2 aromatic carbocycles. The van der Waals surface area contributed by atoms with Crippen LogP contribution in [0.15, 0.2) is 65.2 Å². The number of fused-ring (bicyclic) bond motifs is 1. The number of amides is 2. The summed E-state index contributed by atoms with van der Waals surface area (Å²) in [6.45, 7) is -0.373. The third kappa shape index (κ3) is 3.85. The zero-order valence-electron chi connectivity index (χ0n) is 15.9. The molecule has 152 valence electrons. The predicted octanol–water partition coefficient (Wildman–Crippen LogP) is 3.94. The minimum Gasteiger partial charge on any atom is -0.454 e. The number of nitrogens with zero attached hydrogens (tertiary/aromatic N) is 1. The number of hydrogen-bond acceptors (Lipinski definition) is 5. The lowest BCUT2D eigenvalue weighted by molar-refractivity contribution is -0.122. The van der Waals surface area contributed by atoms with Crippen molar-refractivity contribution in [3.63, 3.8) is 0 Å². The van der Waals surface area contributed by atoms with E-state index in [1.165, 1.54) is 17.0 Å². The zero-order valence-corrected chi connectivity index (χ0v) is 17.5. The average Bonchev–Trinajstić information content (AvgIpc) is 3.03. The number of anilines is 1. The van der Waals surface area contributed by atoms with Crippen LogP contribution in [0.4, 0.5) is 5.69 Å². The molecule has 0 radical (unpaired) electrons. The van der Waals surface area contributed by atoms with Gasteiger partial charge in [0.1, 0.15) is 0 Å². The lowest BCUT2D eigenvalue weighted by Crippen LogP contribution is -2.30. The number of esters is 1. The van der Waals surface area contributed by atoms with E-state index in [4.69, 9.17) is 4.74 Å². The van der Waals surface area contributed by atoms with Gasteiger partial charge in [-0.25, -0.2) is 4.79 Å². The second-order valence-corrected chi connectivity index (χ2v) is 8.14. The van der Waals surface area contributed by atoms with E-state index in [0.717, 1.165) is 4.47 Å². The monoisotopic (exact) mass is 467 g/mol. The van der Waals surface area contributed by atoms with Crippen molar-refractivity contribution in [1.82, 2.24) is 0 Å². The molecule has 0 N–H and O–H groups in total. The molecule has 0 bridgehead atoms. The van der Waals surface area contributed by atoms with E-state index in [1.807, 2.05) is 12.2 Å². The highest BCUT2D eigenvalue weighted by Gasteiger charge is 2.47. The van der Waals surface area contributed by atoms with Crippen LogP contribution in [0.2, 0.25) is 0 Å². The van der Waals surface area contributed by atoms with Crippen molar-refractivity contribution >= 4 is 45.2 Å². The second kappa shape index (κ2) is 8.36. The third-order valence-electron chi connectivity index (χ3n) is 5.37. The Morgan fingerprint density at radius 3 is 1.97 bits per heavy atom. The molecular formula is C23H18BrNO5. The van der Waals surface area contributed by atoms with Gasteiger partial charge in [-0.1, -0.05) is 40.2 Å². The Balaban J connectivity index is 1.40. The first-order chi connectivity index (χ1) is 14.5. The first-order valence-corrected chi connectivity index (χ1v) is 10.3. The number of ether oxygens (including phenoxy) is 1. The molecule has 7 heteroatoms. The highest BCUT2D eigenvalue weighted by Crippen LogP contribution is 2.37. The highest BCUT2D eigenvalue weighted by atomic mass is 79.9. The largest absolute Gasteiger partial charge is 0.454 e. The summed E-state index contributed by atoms with van der Waals surface area (Å²) in [5.74, 6) is -1.98. The summed E-state index contributed by atoms with van der Waals surface area (Å²) < 4.78 is 5.95. The molecule has 1 heterocycles. The molecule has 2 atom stereocenters. The number of carbonyl (C=O) groups is 4. The van der Waals surface area contributed by atoms with Gasteiger partial charge in [-0.3, -0.25) is 19.3 Å². The van der Waals surface area contributed by atoms with Crippen LogP contribution in [0.5, 0.6) is 0 Å². The smallest absolute Gasteiger partial charge is 0.338 e. The van der Waals surface area contributed by atoms with E-state index >= 15 is 0 Å². The maximum atomic E-state index is 12.6. The van der Waals surface area contributed by atoms with Gasteiger partial charge < -0.3 is 4.74 Å². The van der Waals surface area contributed by atoms with Crippen LogP contribution in [0.1, 0.15) is 33.6 Å². The van der Waals surface area contributed by atoms with Crippen molar-refractivity contribution in [2.24, 2.45) is 11.8 Å². The number of hydrogen-bond donors (Lipinski definition) is 0. The van der Waals surface area contributed by atoms with Gasteiger partial charge in [0.2, 0.25) is 11.8 Å². The Labute approximate surface area is 181 Å². The standard InChI is InChI=1S/C23H18BrNO5/c24-16-9-5-14(6-10-16)20(26)13-30-23(29)15-7-11-17(12-8-15)25-21(27)18-3-1-2-4-19(18)22(25)28/h1-2,5-12,18-19H,3-4,13H2. The van der Waals surface area contributed by atoms with Crippen molar-refractivity contribution in [3.8, 4) is 0 Å². The molecular weight excluding hydrogens is 450 g/mol. The van der Waals surface area contributed by atoms with Crippen LogP contribution in [-0.2, 0) is 14.3 Å². The molecule has 1 aliphatic carbocycles. The maximum Gasteiger partial charge on any atom is 0.338 e. The summed E-state index contributed by atoms with van der Waals surface area (Å²) in [5.41, 5.74) is 1.12. The molecule has 2 unspecified atom stereocenters. The van der Waals surface area contributed by atoms with Gasteiger partial charge in [-0.15, -0.1) is 0 Å². The van der Waals surface area contributed by atoms with E-state index in [2.05, 4.69) is 15.9 Å². The van der Waals surface area contributed by atoms with E-state index in [1.54, 1.807) is 36.4 Å². The fourth-order valence-corrected chi connectivity index (χ4v) is 4.00. The molecule has 1 aliphatic heterocycles. The maximum absolute atomic E-state index is 12.6. The summed E-state index contributed by atoms with van der Waals surface area (Å²) in [5, 5.41) is 0. The van der Waals surface area contributed by atoms with Gasteiger partial charge in [0.15, 0.2) is 12.4 Å².